The summed E-state index contributed by atoms with van der Waals surface area (Å²) in [6.45, 7) is 5.72. The van der Waals surface area contributed by atoms with Gasteiger partial charge in [-0.1, -0.05) is 50.2 Å². The molecule has 1 saturated heterocycles. The second-order valence-corrected chi connectivity index (χ2v) is 5.53. The van der Waals surface area contributed by atoms with Crippen LogP contribution in [0.25, 0.3) is 0 Å². The Bertz CT molecular complexity index is 604. The van der Waals surface area contributed by atoms with Crippen LogP contribution in [0.5, 0.6) is 0 Å². The molecular formula is C18H21NO2. The number of hydrogen-bond donors (Lipinski definition) is 1. The minimum Gasteiger partial charge on any atom is -0.355 e. The van der Waals surface area contributed by atoms with Gasteiger partial charge < -0.3 is 14.8 Å². The smallest absolute Gasteiger partial charge is 0.186 e. The summed E-state index contributed by atoms with van der Waals surface area (Å²) < 4.78 is 11.3. The van der Waals surface area contributed by atoms with Crippen LogP contribution in [0.15, 0.2) is 48.5 Å². The van der Waals surface area contributed by atoms with Gasteiger partial charge in [-0.2, -0.15) is 0 Å². The predicted molar refractivity (Wildman–Crippen MR) is 84.9 cm³/mol. The molecule has 0 atom stereocenters. The van der Waals surface area contributed by atoms with Gasteiger partial charge >= 0.3 is 0 Å². The van der Waals surface area contributed by atoms with Gasteiger partial charge in [0.15, 0.2) is 6.29 Å². The van der Waals surface area contributed by atoms with Gasteiger partial charge in [0, 0.05) is 16.9 Å². The van der Waals surface area contributed by atoms with Crippen LogP contribution < -0.4 is 5.32 Å². The van der Waals surface area contributed by atoms with Crippen LogP contribution >= 0.6 is 0 Å². The number of benzene rings is 2. The third-order valence-corrected chi connectivity index (χ3v) is 3.69. The van der Waals surface area contributed by atoms with Crippen molar-refractivity contribution < 1.29 is 9.47 Å². The van der Waals surface area contributed by atoms with E-state index in [-0.39, 0.29) is 6.29 Å². The van der Waals surface area contributed by atoms with E-state index >= 15 is 0 Å². The molecular weight excluding hydrogens is 262 g/mol. The second kappa shape index (κ2) is 6.29. The largest absolute Gasteiger partial charge is 0.355 e. The molecule has 0 spiro atoms. The highest BCUT2D eigenvalue weighted by atomic mass is 16.7. The highest BCUT2D eigenvalue weighted by Gasteiger charge is 2.21. The molecule has 2 aromatic rings. The van der Waals surface area contributed by atoms with Gasteiger partial charge in [-0.3, -0.25) is 0 Å². The maximum Gasteiger partial charge on any atom is 0.186 e. The highest BCUT2D eigenvalue weighted by molar-refractivity contribution is 5.66. The van der Waals surface area contributed by atoms with Crippen molar-refractivity contribution in [1.82, 2.24) is 0 Å². The molecule has 21 heavy (non-hydrogen) atoms. The zero-order valence-corrected chi connectivity index (χ0v) is 12.5. The Labute approximate surface area is 125 Å². The molecule has 0 saturated carbocycles. The molecule has 1 aliphatic rings. The molecule has 0 radical (unpaired) electrons. The summed E-state index contributed by atoms with van der Waals surface area (Å²) in [6.07, 6.45) is -0.264. The van der Waals surface area contributed by atoms with E-state index in [4.69, 9.17) is 9.47 Å². The quantitative estimate of drug-likeness (QED) is 0.889. The van der Waals surface area contributed by atoms with Crippen molar-refractivity contribution in [2.75, 3.05) is 18.5 Å². The lowest BCUT2D eigenvalue weighted by Gasteiger charge is -2.19. The number of para-hydroxylation sites is 2. The summed E-state index contributed by atoms with van der Waals surface area (Å²) in [5.41, 5.74) is 4.53. The van der Waals surface area contributed by atoms with Crippen LogP contribution in [0, 0.1) is 0 Å². The van der Waals surface area contributed by atoms with E-state index in [2.05, 4.69) is 55.6 Å². The summed E-state index contributed by atoms with van der Waals surface area (Å²) in [5.74, 6) is 0.472. The number of rotatable bonds is 4. The molecule has 0 bridgehead atoms. The Hall–Kier alpha value is -1.84. The van der Waals surface area contributed by atoms with Gasteiger partial charge in [-0.05, 0) is 23.6 Å². The molecule has 0 amide bonds. The Kier molecular flexibility index (Phi) is 4.23. The Morgan fingerprint density at radius 1 is 0.905 bits per heavy atom. The van der Waals surface area contributed by atoms with Crippen molar-refractivity contribution in [3.05, 3.63) is 59.7 Å². The molecule has 3 nitrogen and oxygen atoms in total. The molecule has 0 unspecified atom stereocenters. The third kappa shape index (κ3) is 3.09. The molecule has 1 heterocycles. The first-order valence-electron chi connectivity index (χ1n) is 7.44. The molecule has 1 aliphatic heterocycles. The topological polar surface area (TPSA) is 30.5 Å². The van der Waals surface area contributed by atoms with E-state index in [0.29, 0.717) is 19.1 Å². The van der Waals surface area contributed by atoms with Crippen molar-refractivity contribution in [3.8, 4) is 0 Å². The van der Waals surface area contributed by atoms with Crippen LogP contribution in [-0.2, 0) is 9.47 Å². The maximum absolute atomic E-state index is 5.63. The van der Waals surface area contributed by atoms with Crippen molar-refractivity contribution in [1.29, 1.82) is 0 Å². The zero-order chi connectivity index (χ0) is 14.7. The minimum absolute atomic E-state index is 0.264. The number of hydrogen-bond acceptors (Lipinski definition) is 3. The lowest BCUT2D eigenvalue weighted by molar-refractivity contribution is -0.0435. The van der Waals surface area contributed by atoms with Gasteiger partial charge in [0.1, 0.15) is 0 Å². The fourth-order valence-electron chi connectivity index (χ4n) is 2.61. The van der Waals surface area contributed by atoms with Crippen LogP contribution in [0.1, 0.15) is 37.2 Å². The van der Waals surface area contributed by atoms with E-state index < -0.39 is 0 Å². The average Bonchev–Trinajstić information content (AvgIpc) is 3.02. The minimum atomic E-state index is -0.264. The van der Waals surface area contributed by atoms with E-state index in [1.54, 1.807) is 0 Å². The number of ether oxygens (including phenoxy) is 2. The summed E-state index contributed by atoms with van der Waals surface area (Å²) in [7, 11) is 0. The molecule has 1 fully saturated rings. The summed E-state index contributed by atoms with van der Waals surface area (Å²) >= 11 is 0. The molecule has 2 aromatic carbocycles. The third-order valence-electron chi connectivity index (χ3n) is 3.69. The van der Waals surface area contributed by atoms with E-state index in [9.17, 15) is 0 Å². The van der Waals surface area contributed by atoms with Crippen LogP contribution in [0.2, 0.25) is 0 Å². The molecule has 3 rings (SSSR count). The fraction of sp³-hybridized carbons (Fsp3) is 0.333. The number of anilines is 2. The SMILES string of the molecule is CC(C)c1ccccc1Nc1ccccc1C1OCCO1. The Balaban J connectivity index is 1.92. The fourth-order valence-corrected chi connectivity index (χ4v) is 2.61. The zero-order valence-electron chi connectivity index (χ0n) is 12.5. The molecule has 3 heteroatoms. The van der Waals surface area contributed by atoms with Crippen molar-refractivity contribution >= 4 is 11.4 Å². The highest BCUT2D eigenvalue weighted by Crippen LogP contribution is 2.33. The van der Waals surface area contributed by atoms with Crippen LogP contribution in [-0.4, -0.2) is 13.2 Å². The second-order valence-electron chi connectivity index (χ2n) is 5.53. The van der Waals surface area contributed by atoms with E-state index in [1.807, 2.05) is 12.1 Å². The van der Waals surface area contributed by atoms with E-state index in [1.165, 1.54) is 5.56 Å². The van der Waals surface area contributed by atoms with Crippen molar-refractivity contribution in [2.45, 2.75) is 26.1 Å². The predicted octanol–water partition coefficient (Wildman–Crippen LogP) is 4.60. The Morgan fingerprint density at radius 3 is 2.24 bits per heavy atom. The van der Waals surface area contributed by atoms with Gasteiger partial charge in [0.2, 0.25) is 0 Å². The average molecular weight is 283 g/mol. The van der Waals surface area contributed by atoms with Gasteiger partial charge in [0.05, 0.1) is 13.2 Å². The first-order valence-corrected chi connectivity index (χ1v) is 7.44. The van der Waals surface area contributed by atoms with Crippen LogP contribution in [0.4, 0.5) is 11.4 Å². The standard InChI is InChI=1S/C18H21NO2/c1-13(2)14-7-3-5-9-16(14)19-17-10-6-4-8-15(17)18-20-11-12-21-18/h3-10,13,18-19H,11-12H2,1-2H3. The summed E-state index contributed by atoms with van der Waals surface area (Å²) in [5, 5.41) is 3.54. The molecule has 110 valence electrons. The maximum atomic E-state index is 5.63. The number of nitrogens with one attached hydrogen (secondary N) is 1. The lowest BCUT2D eigenvalue weighted by Crippen LogP contribution is -2.04. The van der Waals surface area contributed by atoms with Gasteiger partial charge in [-0.15, -0.1) is 0 Å². The molecule has 0 aliphatic carbocycles. The molecule has 1 N–H and O–H groups in total. The Morgan fingerprint density at radius 2 is 1.52 bits per heavy atom. The van der Waals surface area contributed by atoms with Crippen molar-refractivity contribution in [3.63, 3.8) is 0 Å². The van der Waals surface area contributed by atoms with E-state index in [0.717, 1.165) is 16.9 Å². The summed E-state index contributed by atoms with van der Waals surface area (Å²) in [4.78, 5) is 0. The molecule has 0 aromatic heterocycles. The van der Waals surface area contributed by atoms with Crippen LogP contribution in [0.3, 0.4) is 0 Å². The van der Waals surface area contributed by atoms with Gasteiger partial charge in [-0.25, -0.2) is 0 Å². The first kappa shape index (κ1) is 14.1. The lowest BCUT2D eigenvalue weighted by atomic mass is 10.0. The summed E-state index contributed by atoms with van der Waals surface area (Å²) in [6, 6.07) is 16.6. The van der Waals surface area contributed by atoms with Gasteiger partial charge in [0.25, 0.3) is 0 Å². The monoisotopic (exact) mass is 283 g/mol. The normalized spacial score (nSPS) is 15.6. The van der Waals surface area contributed by atoms with Crippen molar-refractivity contribution in [2.24, 2.45) is 0 Å². The first-order chi connectivity index (χ1) is 10.3.